The van der Waals surface area contributed by atoms with E-state index in [1.165, 1.54) is 6.08 Å². The van der Waals surface area contributed by atoms with Crippen LogP contribution >= 0.6 is 11.6 Å². The molecule has 0 spiro atoms. The van der Waals surface area contributed by atoms with Gasteiger partial charge in [-0.1, -0.05) is 48.0 Å². The van der Waals surface area contributed by atoms with Crippen molar-refractivity contribution in [2.24, 2.45) is 0 Å². The van der Waals surface area contributed by atoms with Crippen LogP contribution in [0.3, 0.4) is 0 Å². The Kier molecular flexibility index (Phi) is 5.55. The first kappa shape index (κ1) is 20.8. The highest BCUT2D eigenvalue weighted by Gasteiger charge is 2.12. The molecule has 5 aromatic rings. The lowest BCUT2D eigenvalue weighted by molar-refractivity contribution is -0.111. The first-order valence-corrected chi connectivity index (χ1v) is 10.7. The molecule has 0 aliphatic carbocycles. The quantitative estimate of drug-likeness (QED) is 0.281. The average molecular weight is 455 g/mol. The number of halogens is 1. The molecule has 0 atom stereocenters. The van der Waals surface area contributed by atoms with Crippen molar-refractivity contribution in [3.63, 3.8) is 0 Å². The van der Waals surface area contributed by atoms with E-state index in [9.17, 15) is 4.79 Å². The van der Waals surface area contributed by atoms with Crippen LogP contribution < -0.4 is 5.32 Å². The number of benzene rings is 3. The highest BCUT2D eigenvalue weighted by molar-refractivity contribution is 6.33. The molecule has 5 rings (SSSR count). The molecule has 6 heteroatoms. The number of carbonyl (C=O) groups is 1. The molecule has 0 radical (unpaired) electrons. The number of aryl methyl sites for hydroxylation is 1. The van der Waals surface area contributed by atoms with Crippen LogP contribution in [0.1, 0.15) is 11.3 Å². The Balaban J connectivity index is 1.30. The van der Waals surface area contributed by atoms with Crippen LogP contribution in [0, 0.1) is 6.92 Å². The maximum atomic E-state index is 12.4. The summed E-state index contributed by atoms with van der Waals surface area (Å²) in [4.78, 5) is 16.9. The third-order valence-corrected chi connectivity index (χ3v) is 5.41. The fourth-order valence-corrected chi connectivity index (χ4v) is 3.77. The molecule has 0 saturated heterocycles. The number of fused-ring (bicyclic) bond motifs is 1. The van der Waals surface area contributed by atoms with E-state index >= 15 is 0 Å². The number of oxazole rings is 1. The zero-order valence-electron chi connectivity index (χ0n) is 17.7. The molecule has 0 saturated carbocycles. The summed E-state index contributed by atoms with van der Waals surface area (Å²) in [6.45, 7) is 1.97. The van der Waals surface area contributed by atoms with Gasteiger partial charge in [-0.15, -0.1) is 0 Å². The topological polar surface area (TPSA) is 68.3 Å². The van der Waals surface area contributed by atoms with Gasteiger partial charge in [-0.05, 0) is 61.0 Å². The molecule has 162 valence electrons. The highest BCUT2D eigenvalue weighted by atomic mass is 35.5. The molecule has 1 amide bonds. The van der Waals surface area contributed by atoms with E-state index in [0.29, 0.717) is 33.5 Å². The van der Waals surface area contributed by atoms with Crippen molar-refractivity contribution >= 4 is 40.4 Å². The van der Waals surface area contributed by atoms with Crippen LogP contribution in [-0.4, -0.2) is 10.9 Å². The first-order valence-electron chi connectivity index (χ1n) is 10.4. The van der Waals surface area contributed by atoms with Crippen LogP contribution in [0.15, 0.2) is 93.8 Å². The largest absolute Gasteiger partial charge is 0.457 e. The summed E-state index contributed by atoms with van der Waals surface area (Å²) < 4.78 is 11.6. The smallest absolute Gasteiger partial charge is 0.248 e. The van der Waals surface area contributed by atoms with Gasteiger partial charge < -0.3 is 14.2 Å². The summed E-state index contributed by atoms with van der Waals surface area (Å²) in [5, 5.41) is 3.41. The third kappa shape index (κ3) is 4.59. The molecule has 33 heavy (non-hydrogen) atoms. The Morgan fingerprint density at radius 1 is 0.970 bits per heavy atom. The molecule has 0 aliphatic heterocycles. The molecule has 0 unspecified atom stereocenters. The number of furan rings is 1. The van der Waals surface area contributed by atoms with Crippen LogP contribution in [-0.2, 0) is 4.79 Å². The molecule has 3 aromatic carbocycles. The van der Waals surface area contributed by atoms with Gasteiger partial charge in [0.2, 0.25) is 11.8 Å². The summed E-state index contributed by atoms with van der Waals surface area (Å²) >= 11 is 6.34. The van der Waals surface area contributed by atoms with Crippen LogP contribution in [0.2, 0.25) is 5.02 Å². The summed E-state index contributed by atoms with van der Waals surface area (Å²) in [5.74, 6) is 1.50. The molecular formula is C27H19ClN2O3. The zero-order valence-corrected chi connectivity index (χ0v) is 18.5. The van der Waals surface area contributed by atoms with E-state index in [2.05, 4.69) is 10.3 Å². The maximum Gasteiger partial charge on any atom is 0.248 e. The average Bonchev–Trinajstić information content (AvgIpc) is 3.45. The van der Waals surface area contributed by atoms with Gasteiger partial charge in [-0.3, -0.25) is 4.79 Å². The lowest BCUT2D eigenvalue weighted by Crippen LogP contribution is -2.07. The first-order chi connectivity index (χ1) is 16.0. The number of hydrogen-bond acceptors (Lipinski definition) is 4. The van der Waals surface area contributed by atoms with Crippen molar-refractivity contribution < 1.29 is 13.6 Å². The molecule has 0 bridgehead atoms. The second-order valence-corrected chi connectivity index (χ2v) is 7.98. The number of anilines is 1. The highest BCUT2D eigenvalue weighted by Crippen LogP contribution is 2.31. The molecule has 1 N–H and O–H groups in total. The minimum atomic E-state index is -0.280. The summed E-state index contributed by atoms with van der Waals surface area (Å²) in [6, 6.07) is 24.5. The van der Waals surface area contributed by atoms with E-state index in [1.54, 1.807) is 24.3 Å². The van der Waals surface area contributed by atoms with Crippen molar-refractivity contribution in [1.29, 1.82) is 0 Å². The Hall–Kier alpha value is -4.09. The predicted molar refractivity (Wildman–Crippen MR) is 131 cm³/mol. The van der Waals surface area contributed by atoms with Crippen molar-refractivity contribution in [2.75, 3.05) is 5.32 Å². The molecule has 0 aliphatic rings. The van der Waals surface area contributed by atoms with Gasteiger partial charge in [-0.25, -0.2) is 4.98 Å². The van der Waals surface area contributed by atoms with E-state index in [1.807, 2.05) is 67.6 Å². The maximum absolute atomic E-state index is 12.4. The van der Waals surface area contributed by atoms with Gasteiger partial charge in [-0.2, -0.15) is 0 Å². The second kappa shape index (κ2) is 8.81. The molecule has 5 nitrogen and oxygen atoms in total. The lowest BCUT2D eigenvalue weighted by Gasteiger charge is -2.00. The number of carbonyl (C=O) groups excluding carboxylic acids is 1. The van der Waals surface area contributed by atoms with Gasteiger partial charge >= 0.3 is 0 Å². The fraction of sp³-hybridized carbons (Fsp3) is 0.0370. The molecule has 2 heterocycles. The fourth-order valence-electron chi connectivity index (χ4n) is 3.46. The predicted octanol–water partition coefficient (Wildman–Crippen LogP) is 7.37. The minimum absolute atomic E-state index is 0.280. The van der Waals surface area contributed by atoms with E-state index in [0.717, 1.165) is 22.5 Å². The molecular weight excluding hydrogens is 436 g/mol. The molecule has 2 aromatic heterocycles. The lowest BCUT2D eigenvalue weighted by atomic mass is 10.1. The van der Waals surface area contributed by atoms with E-state index in [4.69, 9.17) is 20.4 Å². The van der Waals surface area contributed by atoms with Crippen LogP contribution in [0.5, 0.6) is 0 Å². The van der Waals surface area contributed by atoms with Gasteiger partial charge in [0.05, 0.1) is 10.6 Å². The van der Waals surface area contributed by atoms with E-state index < -0.39 is 0 Å². The zero-order chi connectivity index (χ0) is 22.8. The number of aromatic nitrogens is 1. The van der Waals surface area contributed by atoms with Crippen molar-refractivity contribution in [2.45, 2.75) is 6.92 Å². The van der Waals surface area contributed by atoms with Gasteiger partial charge in [0.25, 0.3) is 0 Å². The Bertz CT molecular complexity index is 1480. The summed E-state index contributed by atoms with van der Waals surface area (Å²) in [6.07, 6.45) is 3.06. The monoisotopic (exact) mass is 454 g/mol. The number of hydrogen-bond donors (Lipinski definition) is 1. The van der Waals surface area contributed by atoms with E-state index in [-0.39, 0.29) is 5.91 Å². The Morgan fingerprint density at radius 2 is 1.82 bits per heavy atom. The minimum Gasteiger partial charge on any atom is -0.457 e. The second-order valence-electron chi connectivity index (χ2n) is 7.58. The Morgan fingerprint density at radius 3 is 2.64 bits per heavy atom. The summed E-state index contributed by atoms with van der Waals surface area (Å²) in [5.41, 5.74) is 4.61. The van der Waals surface area contributed by atoms with Crippen LogP contribution in [0.4, 0.5) is 5.69 Å². The standard InChI is InChI=1S/C27H19ClN2O3/c1-17-7-11-21(22(28)15-17)27-30-23-16-19(8-12-25(23)33-27)29-26(31)14-10-20-9-13-24(32-20)18-5-3-2-4-6-18/h2-16H,1H3,(H,29,31)/b14-10+. The Labute approximate surface area is 195 Å². The van der Waals surface area contributed by atoms with Crippen molar-refractivity contribution in [3.05, 3.63) is 101 Å². The van der Waals surface area contributed by atoms with Crippen LogP contribution in [0.25, 0.3) is 40.0 Å². The van der Waals surface area contributed by atoms with Gasteiger partial charge in [0.15, 0.2) is 5.58 Å². The summed E-state index contributed by atoms with van der Waals surface area (Å²) in [7, 11) is 0. The number of rotatable bonds is 5. The SMILES string of the molecule is Cc1ccc(-c2nc3cc(NC(=O)/C=C/c4ccc(-c5ccccc5)o4)ccc3o2)c(Cl)c1. The third-order valence-electron chi connectivity index (χ3n) is 5.09. The van der Waals surface area contributed by atoms with Crippen molar-refractivity contribution in [3.8, 4) is 22.8 Å². The number of nitrogens with zero attached hydrogens (tertiary/aromatic N) is 1. The van der Waals surface area contributed by atoms with Crippen molar-refractivity contribution in [1.82, 2.24) is 4.98 Å². The number of nitrogens with one attached hydrogen (secondary N) is 1. The normalized spacial score (nSPS) is 11.3. The van der Waals surface area contributed by atoms with Gasteiger partial charge in [0, 0.05) is 17.3 Å². The van der Waals surface area contributed by atoms with Gasteiger partial charge in [0.1, 0.15) is 17.0 Å². The molecule has 0 fully saturated rings. The number of amides is 1.